The molecule has 200 valence electrons. The Bertz CT molecular complexity index is 1200. The summed E-state index contributed by atoms with van der Waals surface area (Å²) in [5.41, 5.74) is -2.84. The number of ether oxygens (including phenoxy) is 2. The fourth-order valence-electron chi connectivity index (χ4n) is 3.85. The molecule has 1 aliphatic heterocycles. The molecular formula is C24H25F6N5O2. The Balaban J connectivity index is 1.69. The lowest BCUT2D eigenvalue weighted by Gasteiger charge is -2.26. The van der Waals surface area contributed by atoms with E-state index in [4.69, 9.17) is 9.47 Å². The van der Waals surface area contributed by atoms with Crippen molar-refractivity contribution in [2.75, 3.05) is 56.6 Å². The number of rotatable bonds is 8. The predicted octanol–water partition coefficient (Wildman–Crippen LogP) is 5.55. The van der Waals surface area contributed by atoms with Crippen molar-refractivity contribution in [3.05, 3.63) is 47.5 Å². The minimum atomic E-state index is -4.97. The molecule has 0 bridgehead atoms. The summed E-state index contributed by atoms with van der Waals surface area (Å²) in [5, 5.41) is 6.10. The standard InChI is InChI=1S/C24H25F6N5O2/c1-2-37-18-3-4-20-19(14-18)21(34-22(33-20)31-5-6-35-7-9-36-10-8-35)32-17-12-15(23(25,26)27)11-16(13-17)24(28,29)30/h3-4,11-14H,2,5-10H2,1H3,(H2,31,32,33,34). The summed E-state index contributed by atoms with van der Waals surface area (Å²) in [4.78, 5) is 11.0. The second kappa shape index (κ2) is 11.0. The van der Waals surface area contributed by atoms with Gasteiger partial charge in [0.15, 0.2) is 0 Å². The Kier molecular flexibility index (Phi) is 7.93. The highest BCUT2D eigenvalue weighted by Gasteiger charge is 2.37. The van der Waals surface area contributed by atoms with Crippen LogP contribution in [-0.2, 0) is 17.1 Å². The average Bonchev–Trinajstić information content (AvgIpc) is 2.84. The average molecular weight is 529 g/mol. The number of benzene rings is 2. The molecule has 1 aliphatic rings. The van der Waals surface area contributed by atoms with E-state index < -0.39 is 29.2 Å². The molecule has 3 aromatic rings. The Hall–Kier alpha value is -3.32. The minimum Gasteiger partial charge on any atom is -0.494 e. The van der Waals surface area contributed by atoms with Gasteiger partial charge in [0.2, 0.25) is 5.95 Å². The van der Waals surface area contributed by atoms with Gasteiger partial charge in [-0.15, -0.1) is 0 Å². The molecule has 0 atom stereocenters. The van der Waals surface area contributed by atoms with Crippen LogP contribution in [0.1, 0.15) is 18.1 Å². The van der Waals surface area contributed by atoms with E-state index in [-0.39, 0.29) is 17.8 Å². The van der Waals surface area contributed by atoms with E-state index in [9.17, 15) is 26.3 Å². The SMILES string of the molecule is CCOc1ccc2nc(NCCN3CCOCC3)nc(Nc3cc(C(F)(F)F)cc(C(F)(F)F)c3)c2c1. The van der Waals surface area contributed by atoms with Crippen LogP contribution in [0.15, 0.2) is 36.4 Å². The number of fused-ring (bicyclic) bond motifs is 1. The van der Waals surface area contributed by atoms with E-state index >= 15 is 0 Å². The van der Waals surface area contributed by atoms with Crippen LogP contribution in [0.5, 0.6) is 5.75 Å². The monoisotopic (exact) mass is 529 g/mol. The molecule has 4 rings (SSSR count). The van der Waals surface area contributed by atoms with Crippen molar-refractivity contribution in [3.8, 4) is 5.75 Å². The molecule has 1 aromatic heterocycles. The van der Waals surface area contributed by atoms with Crippen molar-refractivity contribution in [1.82, 2.24) is 14.9 Å². The molecule has 0 unspecified atom stereocenters. The molecule has 0 amide bonds. The summed E-state index contributed by atoms with van der Waals surface area (Å²) in [5.74, 6) is 0.665. The number of anilines is 3. The fraction of sp³-hybridized carbons (Fsp3) is 0.417. The Morgan fingerprint density at radius 3 is 2.24 bits per heavy atom. The van der Waals surface area contributed by atoms with Crippen LogP contribution in [0.4, 0.5) is 43.8 Å². The molecular weight excluding hydrogens is 504 g/mol. The number of halogens is 6. The third-order valence-corrected chi connectivity index (χ3v) is 5.64. The van der Waals surface area contributed by atoms with Gasteiger partial charge >= 0.3 is 12.4 Å². The zero-order valence-corrected chi connectivity index (χ0v) is 19.8. The first-order valence-electron chi connectivity index (χ1n) is 11.6. The van der Waals surface area contributed by atoms with E-state index in [0.717, 1.165) is 13.1 Å². The Morgan fingerprint density at radius 2 is 1.62 bits per heavy atom. The van der Waals surface area contributed by atoms with E-state index in [1.165, 1.54) is 0 Å². The molecule has 0 radical (unpaired) electrons. The van der Waals surface area contributed by atoms with E-state index in [1.807, 2.05) is 0 Å². The first-order valence-corrected chi connectivity index (χ1v) is 11.6. The van der Waals surface area contributed by atoms with Gasteiger partial charge in [0.05, 0.1) is 36.5 Å². The summed E-state index contributed by atoms with van der Waals surface area (Å²) < 4.78 is 91.0. The maximum absolute atomic E-state index is 13.4. The van der Waals surface area contributed by atoms with Gasteiger partial charge in [-0.3, -0.25) is 4.90 Å². The highest BCUT2D eigenvalue weighted by atomic mass is 19.4. The molecule has 1 saturated heterocycles. The maximum Gasteiger partial charge on any atom is 0.416 e. The molecule has 0 spiro atoms. The lowest BCUT2D eigenvalue weighted by molar-refractivity contribution is -0.143. The van der Waals surface area contributed by atoms with E-state index in [2.05, 4.69) is 25.5 Å². The van der Waals surface area contributed by atoms with Crippen LogP contribution in [0.2, 0.25) is 0 Å². The lowest BCUT2D eigenvalue weighted by atomic mass is 10.1. The largest absolute Gasteiger partial charge is 0.494 e. The number of hydrogen-bond acceptors (Lipinski definition) is 7. The second-order valence-electron chi connectivity index (χ2n) is 8.31. The molecule has 2 aromatic carbocycles. The van der Waals surface area contributed by atoms with Gasteiger partial charge in [0, 0.05) is 37.3 Å². The second-order valence-corrected chi connectivity index (χ2v) is 8.31. The molecule has 2 heterocycles. The zero-order valence-electron chi connectivity index (χ0n) is 19.8. The number of nitrogens with zero attached hydrogens (tertiary/aromatic N) is 3. The van der Waals surface area contributed by atoms with Crippen LogP contribution in [0.3, 0.4) is 0 Å². The van der Waals surface area contributed by atoms with Gasteiger partial charge in [0.25, 0.3) is 0 Å². The molecule has 1 fully saturated rings. The third kappa shape index (κ3) is 6.92. The van der Waals surface area contributed by atoms with Crippen LogP contribution in [0.25, 0.3) is 10.9 Å². The smallest absolute Gasteiger partial charge is 0.416 e. The highest BCUT2D eigenvalue weighted by Crippen LogP contribution is 2.38. The van der Waals surface area contributed by atoms with Crippen LogP contribution < -0.4 is 15.4 Å². The summed E-state index contributed by atoms with van der Waals surface area (Å²) in [7, 11) is 0. The van der Waals surface area contributed by atoms with Gasteiger partial charge < -0.3 is 20.1 Å². The lowest BCUT2D eigenvalue weighted by Crippen LogP contribution is -2.39. The predicted molar refractivity (Wildman–Crippen MR) is 126 cm³/mol. The summed E-state index contributed by atoms with van der Waals surface area (Å²) in [6, 6.07) is 6.20. The molecule has 7 nitrogen and oxygen atoms in total. The third-order valence-electron chi connectivity index (χ3n) is 5.64. The van der Waals surface area contributed by atoms with Gasteiger partial charge in [-0.05, 0) is 43.3 Å². The normalized spacial score (nSPS) is 15.1. The zero-order chi connectivity index (χ0) is 26.6. The van der Waals surface area contributed by atoms with Crippen molar-refractivity contribution in [2.24, 2.45) is 0 Å². The Morgan fingerprint density at radius 1 is 0.946 bits per heavy atom. The quantitative estimate of drug-likeness (QED) is 0.371. The van der Waals surface area contributed by atoms with Gasteiger partial charge in [-0.25, -0.2) is 4.98 Å². The summed E-state index contributed by atoms with van der Waals surface area (Å²) >= 11 is 0. The number of alkyl halides is 6. The highest BCUT2D eigenvalue weighted by molar-refractivity contribution is 5.92. The van der Waals surface area contributed by atoms with Crippen LogP contribution in [-0.4, -0.2) is 60.9 Å². The van der Waals surface area contributed by atoms with E-state index in [1.54, 1.807) is 25.1 Å². The van der Waals surface area contributed by atoms with Crippen molar-refractivity contribution in [3.63, 3.8) is 0 Å². The van der Waals surface area contributed by atoms with Gasteiger partial charge in [-0.2, -0.15) is 31.3 Å². The van der Waals surface area contributed by atoms with Crippen molar-refractivity contribution < 1.29 is 35.8 Å². The van der Waals surface area contributed by atoms with Crippen molar-refractivity contribution in [2.45, 2.75) is 19.3 Å². The van der Waals surface area contributed by atoms with Crippen molar-refractivity contribution in [1.29, 1.82) is 0 Å². The van der Waals surface area contributed by atoms with Gasteiger partial charge in [-0.1, -0.05) is 0 Å². The number of nitrogens with one attached hydrogen (secondary N) is 2. The number of aromatic nitrogens is 2. The summed E-state index contributed by atoms with van der Waals surface area (Å²) in [6.45, 7) is 6.14. The van der Waals surface area contributed by atoms with Crippen LogP contribution in [0, 0.1) is 0 Å². The van der Waals surface area contributed by atoms with Crippen LogP contribution >= 0.6 is 0 Å². The maximum atomic E-state index is 13.4. The molecule has 0 aliphatic carbocycles. The molecule has 0 saturated carbocycles. The van der Waals surface area contributed by atoms with Crippen molar-refractivity contribution >= 4 is 28.4 Å². The Labute approximate surface area is 208 Å². The first-order chi connectivity index (χ1) is 17.5. The molecule has 2 N–H and O–H groups in total. The number of hydrogen-bond donors (Lipinski definition) is 2. The minimum absolute atomic E-state index is 0.0351. The first kappa shape index (κ1) is 26.7. The van der Waals surface area contributed by atoms with Gasteiger partial charge in [0.1, 0.15) is 11.6 Å². The number of morpholine rings is 1. The molecule has 37 heavy (non-hydrogen) atoms. The summed E-state index contributed by atoms with van der Waals surface area (Å²) in [6.07, 6.45) is -9.94. The van der Waals surface area contributed by atoms with E-state index in [0.29, 0.717) is 61.7 Å². The topological polar surface area (TPSA) is 71.5 Å². The fourth-order valence-corrected chi connectivity index (χ4v) is 3.85. The molecule has 13 heteroatoms.